The molecule has 0 saturated heterocycles. The molecule has 0 saturated carbocycles. The minimum Gasteiger partial charge on any atom is -0.173 e. The van der Waals surface area contributed by atoms with Gasteiger partial charge in [0, 0.05) is 5.33 Å². The highest BCUT2D eigenvalue weighted by Crippen LogP contribution is 2.17. The summed E-state index contributed by atoms with van der Waals surface area (Å²) in [5, 5.41) is 0.976. The van der Waals surface area contributed by atoms with Crippen molar-refractivity contribution in [1.29, 1.82) is 0 Å². The van der Waals surface area contributed by atoms with Crippen molar-refractivity contribution in [3.63, 3.8) is 0 Å². The Labute approximate surface area is 83.1 Å². The number of rotatable bonds is 2. The Morgan fingerprint density at radius 3 is 3.08 bits per heavy atom. The number of nitrogens with zero attached hydrogens (tertiary/aromatic N) is 2. The van der Waals surface area contributed by atoms with E-state index >= 15 is 0 Å². The molecule has 62 valence electrons. The van der Waals surface area contributed by atoms with E-state index in [1.54, 1.807) is 0 Å². The Balaban J connectivity index is 2.57. The molecule has 12 heavy (non-hydrogen) atoms. The van der Waals surface area contributed by atoms with E-state index in [4.69, 9.17) is 0 Å². The zero-order valence-corrected chi connectivity index (χ0v) is 8.73. The number of alkyl halides is 1. The van der Waals surface area contributed by atoms with Gasteiger partial charge in [-0.3, -0.25) is 0 Å². The van der Waals surface area contributed by atoms with Crippen molar-refractivity contribution in [3.8, 4) is 0 Å². The summed E-state index contributed by atoms with van der Waals surface area (Å²) in [6, 6.07) is 6.13. The Kier molecular flexibility index (Phi) is 2.37. The monoisotopic (exact) mass is 242 g/mol. The Morgan fingerprint density at radius 2 is 2.25 bits per heavy atom. The summed E-state index contributed by atoms with van der Waals surface area (Å²) in [4.78, 5) is 0. The van der Waals surface area contributed by atoms with Crippen LogP contribution in [0.15, 0.2) is 18.2 Å². The predicted molar refractivity (Wildman–Crippen MR) is 54.9 cm³/mol. The van der Waals surface area contributed by atoms with Gasteiger partial charge >= 0.3 is 0 Å². The molecule has 1 heterocycles. The van der Waals surface area contributed by atoms with E-state index in [0.29, 0.717) is 0 Å². The van der Waals surface area contributed by atoms with Gasteiger partial charge in [-0.2, -0.15) is 8.75 Å². The molecule has 0 amide bonds. The molecule has 0 N–H and O–H groups in total. The van der Waals surface area contributed by atoms with Gasteiger partial charge in [-0.05, 0) is 18.1 Å². The van der Waals surface area contributed by atoms with Gasteiger partial charge in [0.25, 0.3) is 0 Å². The standard InChI is InChI=1S/C8H7BrN2S/c9-5-4-6-2-1-3-7-8(6)11-12-10-7/h1-3H,4-5H2. The van der Waals surface area contributed by atoms with Crippen LogP contribution in [0.4, 0.5) is 0 Å². The minimum atomic E-state index is 0.976. The lowest BCUT2D eigenvalue weighted by atomic mass is 10.1. The van der Waals surface area contributed by atoms with E-state index in [0.717, 1.165) is 22.8 Å². The smallest absolute Gasteiger partial charge is 0.108 e. The number of aryl methyl sites for hydroxylation is 1. The average Bonchev–Trinajstić information content (AvgIpc) is 2.53. The molecule has 1 aromatic heterocycles. The number of fused-ring (bicyclic) bond motifs is 1. The summed E-state index contributed by atoms with van der Waals surface area (Å²) in [5.74, 6) is 0. The van der Waals surface area contributed by atoms with E-state index in [-0.39, 0.29) is 0 Å². The molecule has 1 aromatic carbocycles. The molecule has 0 spiro atoms. The van der Waals surface area contributed by atoms with E-state index in [1.165, 1.54) is 17.3 Å². The molecule has 2 nitrogen and oxygen atoms in total. The number of hydrogen-bond acceptors (Lipinski definition) is 3. The van der Waals surface area contributed by atoms with Crippen LogP contribution < -0.4 is 0 Å². The summed E-state index contributed by atoms with van der Waals surface area (Å²) in [5.41, 5.74) is 3.35. The Morgan fingerprint density at radius 1 is 1.33 bits per heavy atom. The van der Waals surface area contributed by atoms with Gasteiger partial charge in [-0.15, -0.1) is 0 Å². The number of halogens is 1. The first kappa shape index (κ1) is 8.13. The highest BCUT2D eigenvalue weighted by molar-refractivity contribution is 9.09. The molecule has 0 atom stereocenters. The molecule has 2 aromatic rings. The van der Waals surface area contributed by atoms with Gasteiger partial charge in [-0.1, -0.05) is 28.1 Å². The molecule has 4 heteroatoms. The second-order valence-corrected chi connectivity index (χ2v) is 3.81. The Hall–Kier alpha value is -0.480. The lowest BCUT2D eigenvalue weighted by molar-refractivity contribution is 1.18. The highest BCUT2D eigenvalue weighted by Gasteiger charge is 2.02. The van der Waals surface area contributed by atoms with E-state index in [1.807, 2.05) is 12.1 Å². The van der Waals surface area contributed by atoms with Crippen LogP contribution in [0.2, 0.25) is 0 Å². The normalized spacial score (nSPS) is 10.8. The van der Waals surface area contributed by atoms with Crippen molar-refractivity contribution in [1.82, 2.24) is 8.75 Å². The average molecular weight is 243 g/mol. The number of benzene rings is 1. The first-order valence-corrected chi connectivity index (χ1v) is 5.53. The molecule has 0 unspecified atom stereocenters. The third-order valence-corrected chi connectivity index (χ3v) is 2.67. The maximum Gasteiger partial charge on any atom is 0.108 e. The van der Waals surface area contributed by atoms with Crippen LogP contribution in [0, 0.1) is 0 Å². The molecule has 0 aliphatic heterocycles. The second kappa shape index (κ2) is 3.49. The lowest BCUT2D eigenvalue weighted by Crippen LogP contribution is -1.86. The maximum atomic E-state index is 4.25. The van der Waals surface area contributed by atoms with Crippen molar-refractivity contribution in [2.24, 2.45) is 0 Å². The van der Waals surface area contributed by atoms with Crippen LogP contribution in [-0.2, 0) is 6.42 Å². The fraction of sp³-hybridized carbons (Fsp3) is 0.250. The summed E-state index contributed by atoms with van der Waals surface area (Å²) in [7, 11) is 0. The van der Waals surface area contributed by atoms with Crippen molar-refractivity contribution in [2.45, 2.75) is 6.42 Å². The summed E-state index contributed by atoms with van der Waals surface area (Å²) >= 11 is 4.69. The van der Waals surface area contributed by atoms with Gasteiger partial charge < -0.3 is 0 Å². The van der Waals surface area contributed by atoms with Gasteiger partial charge in [0.2, 0.25) is 0 Å². The third-order valence-electron chi connectivity index (χ3n) is 1.73. The summed E-state index contributed by atoms with van der Waals surface area (Å²) in [6.07, 6.45) is 1.02. The Bertz CT molecular complexity index is 385. The van der Waals surface area contributed by atoms with E-state index < -0.39 is 0 Å². The molecule has 0 fully saturated rings. The van der Waals surface area contributed by atoms with Gasteiger partial charge in [0.05, 0.1) is 11.7 Å². The number of aromatic nitrogens is 2. The maximum absolute atomic E-state index is 4.25. The van der Waals surface area contributed by atoms with Crippen LogP contribution in [-0.4, -0.2) is 14.1 Å². The second-order valence-electron chi connectivity index (χ2n) is 2.49. The van der Waals surface area contributed by atoms with Crippen LogP contribution in [0.3, 0.4) is 0 Å². The van der Waals surface area contributed by atoms with Crippen molar-refractivity contribution >= 4 is 38.7 Å². The van der Waals surface area contributed by atoms with Crippen molar-refractivity contribution < 1.29 is 0 Å². The minimum absolute atomic E-state index is 0.976. The summed E-state index contributed by atoms with van der Waals surface area (Å²) in [6.45, 7) is 0. The van der Waals surface area contributed by atoms with E-state index in [9.17, 15) is 0 Å². The first-order valence-electron chi connectivity index (χ1n) is 3.68. The van der Waals surface area contributed by atoms with Gasteiger partial charge in [0.1, 0.15) is 11.0 Å². The fourth-order valence-electron chi connectivity index (χ4n) is 1.17. The summed E-state index contributed by atoms with van der Waals surface area (Å²) < 4.78 is 8.42. The molecule has 2 rings (SSSR count). The first-order chi connectivity index (χ1) is 5.92. The van der Waals surface area contributed by atoms with Crippen LogP contribution in [0.5, 0.6) is 0 Å². The fourth-order valence-corrected chi connectivity index (χ4v) is 2.16. The van der Waals surface area contributed by atoms with Crippen LogP contribution >= 0.6 is 27.7 Å². The predicted octanol–water partition coefficient (Wildman–Crippen LogP) is 2.63. The van der Waals surface area contributed by atoms with Crippen LogP contribution in [0.1, 0.15) is 5.56 Å². The van der Waals surface area contributed by atoms with E-state index in [2.05, 4.69) is 30.7 Å². The zero-order chi connectivity index (χ0) is 8.39. The molecule has 0 aliphatic rings. The molecule has 0 aliphatic carbocycles. The quantitative estimate of drug-likeness (QED) is 0.758. The molecular weight excluding hydrogens is 236 g/mol. The molecule has 0 bridgehead atoms. The van der Waals surface area contributed by atoms with Crippen molar-refractivity contribution in [2.75, 3.05) is 5.33 Å². The number of hydrogen-bond donors (Lipinski definition) is 0. The topological polar surface area (TPSA) is 25.8 Å². The van der Waals surface area contributed by atoms with Crippen LogP contribution in [0.25, 0.3) is 11.0 Å². The van der Waals surface area contributed by atoms with Crippen molar-refractivity contribution in [3.05, 3.63) is 23.8 Å². The molecular formula is C8H7BrN2S. The highest BCUT2D eigenvalue weighted by atomic mass is 79.9. The SMILES string of the molecule is BrCCc1cccc2nsnc12. The van der Waals surface area contributed by atoms with Gasteiger partial charge in [-0.25, -0.2) is 0 Å². The zero-order valence-electron chi connectivity index (χ0n) is 6.33. The largest absolute Gasteiger partial charge is 0.173 e. The molecule has 0 radical (unpaired) electrons. The third kappa shape index (κ3) is 1.36. The lowest BCUT2D eigenvalue weighted by Gasteiger charge is -1.96. The van der Waals surface area contributed by atoms with Gasteiger partial charge in [0.15, 0.2) is 0 Å².